The van der Waals surface area contributed by atoms with Crippen molar-refractivity contribution in [2.24, 2.45) is 0 Å². The van der Waals surface area contributed by atoms with Crippen molar-refractivity contribution in [1.82, 2.24) is 15.3 Å². The predicted octanol–water partition coefficient (Wildman–Crippen LogP) is 3.29. The lowest BCUT2D eigenvalue weighted by atomic mass is 10.2. The van der Waals surface area contributed by atoms with E-state index in [1.165, 1.54) is 18.3 Å². The van der Waals surface area contributed by atoms with Crippen molar-refractivity contribution < 1.29 is 9.18 Å². The Hall–Kier alpha value is -3.28. The number of carbonyl (C=O) groups is 1. The van der Waals surface area contributed by atoms with E-state index in [0.717, 1.165) is 5.56 Å². The maximum Gasteiger partial charge on any atom is 0.270 e. The van der Waals surface area contributed by atoms with Gasteiger partial charge in [0.15, 0.2) is 0 Å². The van der Waals surface area contributed by atoms with Crippen LogP contribution in [0.4, 0.5) is 15.8 Å². The minimum atomic E-state index is -0.330. The summed E-state index contributed by atoms with van der Waals surface area (Å²) in [5.41, 5.74) is 2.44. The average Bonchev–Trinajstić information content (AvgIpc) is 2.61. The Balaban J connectivity index is 1.67. The number of amides is 1. The van der Waals surface area contributed by atoms with Crippen LogP contribution in [0.25, 0.3) is 0 Å². The highest BCUT2D eigenvalue weighted by Gasteiger charge is 2.08. The summed E-state index contributed by atoms with van der Waals surface area (Å²) in [6.45, 7) is 0.371. The number of hydrogen-bond donors (Lipinski definition) is 2. The fourth-order valence-electron chi connectivity index (χ4n) is 2.14. The van der Waals surface area contributed by atoms with E-state index in [1.807, 2.05) is 12.1 Å². The molecule has 3 aromatic rings. The highest BCUT2D eigenvalue weighted by molar-refractivity contribution is 5.93. The van der Waals surface area contributed by atoms with Gasteiger partial charge in [0.05, 0.1) is 0 Å². The second-order valence-corrected chi connectivity index (χ2v) is 5.11. The lowest BCUT2D eigenvalue weighted by Gasteiger charge is -2.08. The monoisotopic (exact) mass is 322 g/mol. The molecular formula is C18H15FN4O. The number of nitrogens with one attached hydrogen (secondary N) is 2. The minimum absolute atomic E-state index is 0.278. The van der Waals surface area contributed by atoms with E-state index >= 15 is 0 Å². The summed E-state index contributed by atoms with van der Waals surface area (Å²) in [7, 11) is 0. The number of carbonyl (C=O) groups excluding carboxylic acids is 1. The number of nitrogens with zero attached hydrogens (tertiary/aromatic N) is 2. The molecule has 0 bridgehead atoms. The van der Waals surface area contributed by atoms with Crippen molar-refractivity contribution in [2.45, 2.75) is 6.54 Å². The Morgan fingerprint density at radius 3 is 2.71 bits per heavy atom. The van der Waals surface area contributed by atoms with Crippen LogP contribution in [0.2, 0.25) is 0 Å². The first-order valence-electron chi connectivity index (χ1n) is 7.36. The smallest absolute Gasteiger partial charge is 0.270 e. The van der Waals surface area contributed by atoms with Gasteiger partial charge in [-0.05, 0) is 42.0 Å². The predicted molar refractivity (Wildman–Crippen MR) is 89.3 cm³/mol. The van der Waals surface area contributed by atoms with Gasteiger partial charge < -0.3 is 10.6 Å². The number of benzene rings is 1. The highest BCUT2D eigenvalue weighted by Crippen LogP contribution is 2.17. The van der Waals surface area contributed by atoms with Crippen molar-refractivity contribution in [1.29, 1.82) is 0 Å². The quantitative estimate of drug-likeness (QED) is 0.756. The van der Waals surface area contributed by atoms with Crippen molar-refractivity contribution >= 4 is 17.3 Å². The van der Waals surface area contributed by atoms with Gasteiger partial charge in [-0.15, -0.1) is 0 Å². The number of halogens is 1. The molecule has 120 valence electrons. The third-order valence-corrected chi connectivity index (χ3v) is 3.28. The average molecular weight is 322 g/mol. The summed E-state index contributed by atoms with van der Waals surface area (Å²) < 4.78 is 13.2. The van der Waals surface area contributed by atoms with Crippen molar-refractivity contribution in [2.75, 3.05) is 5.32 Å². The fraction of sp³-hybridized carbons (Fsp3) is 0.0556. The van der Waals surface area contributed by atoms with Crippen LogP contribution in [0.1, 0.15) is 16.1 Å². The zero-order valence-electron chi connectivity index (χ0n) is 12.7. The van der Waals surface area contributed by atoms with E-state index in [-0.39, 0.29) is 17.4 Å². The van der Waals surface area contributed by atoms with Crippen LogP contribution in [0, 0.1) is 5.82 Å². The van der Waals surface area contributed by atoms with Gasteiger partial charge in [-0.1, -0.05) is 12.1 Å². The molecular weight excluding hydrogens is 307 g/mol. The Bertz CT molecular complexity index is 839. The van der Waals surface area contributed by atoms with Crippen LogP contribution in [-0.4, -0.2) is 15.9 Å². The van der Waals surface area contributed by atoms with Crippen LogP contribution in [-0.2, 0) is 6.54 Å². The van der Waals surface area contributed by atoms with Gasteiger partial charge in [-0.2, -0.15) is 0 Å². The summed E-state index contributed by atoms with van der Waals surface area (Å²) in [5, 5.41) is 5.83. The largest absolute Gasteiger partial charge is 0.355 e. The lowest BCUT2D eigenvalue weighted by Crippen LogP contribution is -2.23. The molecule has 2 aromatic heterocycles. The summed E-state index contributed by atoms with van der Waals surface area (Å²) in [6, 6.07) is 13.1. The zero-order valence-corrected chi connectivity index (χ0v) is 12.7. The van der Waals surface area contributed by atoms with Crippen LogP contribution in [0.15, 0.2) is 67.1 Å². The SMILES string of the molecule is O=C(NCc1cccnc1)c1cc(Nc2cccc(F)c2)ccn1. The van der Waals surface area contributed by atoms with E-state index in [1.54, 1.807) is 36.7 Å². The third kappa shape index (κ3) is 4.13. The molecule has 2 heterocycles. The Labute approximate surface area is 138 Å². The first-order valence-corrected chi connectivity index (χ1v) is 7.36. The molecule has 1 amide bonds. The summed E-state index contributed by atoms with van der Waals surface area (Å²) in [4.78, 5) is 20.3. The number of pyridine rings is 2. The van der Waals surface area contributed by atoms with E-state index in [4.69, 9.17) is 0 Å². The topological polar surface area (TPSA) is 66.9 Å². The lowest BCUT2D eigenvalue weighted by molar-refractivity contribution is 0.0946. The second-order valence-electron chi connectivity index (χ2n) is 5.11. The molecule has 24 heavy (non-hydrogen) atoms. The Morgan fingerprint density at radius 2 is 1.92 bits per heavy atom. The maximum atomic E-state index is 13.2. The van der Waals surface area contributed by atoms with Crippen LogP contribution in [0.3, 0.4) is 0 Å². The van der Waals surface area contributed by atoms with E-state index < -0.39 is 0 Å². The van der Waals surface area contributed by atoms with E-state index in [9.17, 15) is 9.18 Å². The first-order chi connectivity index (χ1) is 11.7. The maximum absolute atomic E-state index is 13.2. The highest BCUT2D eigenvalue weighted by atomic mass is 19.1. The Morgan fingerprint density at radius 1 is 1.04 bits per heavy atom. The van der Waals surface area contributed by atoms with Crippen LogP contribution in [0.5, 0.6) is 0 Å². The number of hydrogen-bond acceptors (Lipinski definition) is 4. The van der Waals surface area contributed by atoms with Crippen LogP contribution < -0.4 is 10.6 Å². The van der Waals surface area contributed by atoms with Crippen molar-refractivity contribution in [3.63, 3.8) is 0 Å². The van der Waals surface area contributed by atoms with Crippen molar-refractivity contribution in [3.8, 4) is 0 Å². The molecule has 5 nitrogen and oxygen atoms in total. The third-order valence-electron chi connectivity index (χ3n) is 3.28. The molecule has 0 saturated heterocycles. The van der Waals surface area contributed by atoms with Crippen LogP contribution >= 0.6 is 0 Å². The molecule has 1 aromatic carbocycles. The van der Waals surface area contributed by atoms with Gasteiger partial charge in [0, 0.05) is 36.5 Å². The molecule has 0 fully saturated rings. The fourth-order valence-corrected chi connectivity index (χ4v) is 2.14. The normalized spacial score (nSPS) is 10.2. The molecule has 0 aliphatic heterocycles. The number of aromatic nitrogens is 2. The molecule has 0 unspecified atom stereocenters. The Kier molecular flexibility index (Phi) is 4.76. The van der Waals surface area contributed by atoms with Gasteiger partial charge in [-0.25, -0.2) is 4.39 Å². The van der Waals surface area contributed by atoms with E-state index in [0.29, 0.717) is 17.9 Å². The van der Waals surface area contributed by atoms with Crippen molar-refractivity contribution in [3.05, 3.63) is 84.2 Å². The van der Waals surface area contributed by atoms with Gasteiger partial charge in [0.1, 0.15) is 11.5 Å². The molecule has 0 aliphatic rings. The second kappa shape index (κ2) is 7.32. The van der Waals surface area contributed by atoms with Gasteiger partial charge in [-0.3, -0.25) is 14.8 Å². The summed E-state index contributed by atoms with van der Waals surface area (Å²) in [5.74, 6) is -0.620. The van der Waals surface area contributed by atoms with E-state index in [2.05, 4.69) is 20.6 Å². The molecule has 0 spiro atoms. The van der Waals surface area contributed by atoms with Gasteiger partial charge in [0.25, 0.3) is 5.91 Å². The number of anilines is 2. The summed E-state index contributed by atoms with van der Waals surface area (Å²) >= 11 is 0. The molecule has 0 saturated carbocycles. The summed E-state index contributed by atoms with van der Waals surface area (Å²) in [6.07, 6.45) is 4.89. The molecule has 6 heteroatoms. The minimum Gasteiger partial charge on any atom is -0.355 e. The molecule has 0 aliphatic carbocycles. The molecule has 2 N–H and O–H groups in total. The molecule has 0 atom stereocenters. The molecule has 3 rings (SSSR count). The first kappa shape index (κ1) is 15.6. The zero-order chi connectivity index (χ0) is 16.8. The van der Waals surface area contributed by atoms with Gasteiger partial charge in [0.2, 0.25) is 0 Å². The van der Waals surface area contributed by atoms with Gasteiger partial charge >= 0.3 is 0 Å². The standard InChI is InChI=1S/C18H15FN4O/c19-14-4-1-5-15(9-14)23-16-6-8-21-17(10-16)18(24)22-12-13-3-2-7-20-11-13/h1-11H,12H2,(H,21,23)(H,22,24). The number of rotatable bonds is 5. The molecule has 0 radical (unpaired) electrons.